The lowest BCUT2D eigenvalue weighted by molar-refractivity contribution is -0.141. The van der Waals surface area contributed by atoms with Gasteiger partial charge in [0.15, 0.2) is 0 Å². The highest BCUT2D eigenvalue weighted by molar-refractivity contribution is 5.98. The van der Waals surface area contributed by atoms with Crippen LogP contribution in [0.3, 0.4) is 0 Å². The lowest BCUT2D eigenvalue weighted by atomic mass is 10.3. The molecule has 0 fully saturated rings. The highest BCUT2D eigenvalue weighted by Gasteiger charge is 2.04. The SMILES string of the molecule is CCOC(=O)C/C(C)=N/NC(=O)CC#N. The van der Waals surface area contributed by atoms with Gasteiger partial charge in [0.1, 0.15) is 6.42 Å². The van der Waals surface area contributed by atoms with Crippen LogP contribution >= 0.6 is 0 Å². The van der Waals surface area contributed by atoms with E-state index in [1.807, 2.05) is 0 Å². The highest BCUT2D eigenvalue weighted by atomic mass is 16.5. The van der Waals surface area contributed by atoms with Gasteiger partial charge in [-0.3, -0.25) is 9.59 Å². The summed E-state index contributed by atoms with van der Waals surface area (Å²) in [6.07, 6.45) is -0.225. The highest BCUT2D eigenvalue weighted by Crippen LogP contribution is 1.90. The summed E-state index contributed by atoms with van der Waals surface area (Å²) in [4.78, 5) is 21.8. The molecule has 0 aliphatic rings. The molecule has 6 heteroatoms. The number of esters is 1. The second-order valence-corrected chi connectivity index (χ2v) is 2.70. The van der Waals surface area contributed by atoms with Crippen LogP contribution in [0.2, 0.25) is 0 Å². The third kappa shape index (κ3) is 7.19. The zero-order chi connectivity index (χ0) is 11.7. The normalized spacial score (nSPS) is 10.3. The minimum absolute atomic E-state index is 0.0284. The predicted octanol–water partition coefficient (Wildman–Crippen LogP) is 0.345. The number of ether oxygens (including phenoxy) is 1. The van der Waals surface area contributed by atoms with Crippen molar-refractivity contribution < 1.29 is 14.3 Å². The third-order valence-electron chi connectivity index (χ3n) is 1.32. The molecule has 6 nitrogen and oxygen atoms in total. The Labute approximate surface area is 87.9 Å². The second kappa shape index (κ2) is 7.50. The number of nitrogens with zero attached hydrogens (tertiary/aromatic N) is 2. The summed E-state index contributed by atoms with van der Waals surface area (Å²) in [5, 5.41) is 11.8. The van der Waals surface area contributed by atoms with Crippen LogP contribution in [0.1, 0.15) is 26.7 Å². The van der Waals surface area contributed by atoms with Crippen LogP contribution in [0.25, 0.3) is 0 Å². The third-order valence-corrected chi connectivity index (χ3v) is 1.32. The Morgan fingerprint density at radius 1 is 1.53 bits per heavy atom. The van der Waals surface area contributed by atoms with Crippen LogP contribution in [0.5, 0.6) is 0 Å². The number of rotatable bonds is 5. The second-order valence-electron chi connectivity index (χ2n) is 2.70. The molecule has 0 spiro atoms. The molecule has 0 rings (SSSR count). The zero-order valence-corrected chi connectivity index (χ0v) is 8.74. The fourth-order valence-electron chi connectivity index (χ4n) is 0.730. The average molecular weight is 211 g/mol. The molecule has 0 saturated heterocycles. The molecule has 0 bridgehead atoms. The minimum Gasteiger partial charge on any atom is -0.466 e. The van der Waals surface area contributed by atoms with Gasteiger partial charge < -0.3 is 4.74 Å². The van der Waals surface area contributed by atoms with Gasteiger partial charge in [0.25, 0.3) is 5.91 Å². The molecular formula is C9H13N3O3. The maximum Gasteiger partial charge on any atom is 0.311 e. The van der Waals surface area contributed by atoms with Crippen LogP contribution in [-0.2, 0) is 14.3 Å². The summed E-state index contributed by atoms with van der Waals surface area (Å²) in [6, 6.07) is 1.68. The Bertz CT molecular complexity index is 304. The van der Waals surface area contributed by atoms with Crippen LogP contribution in [0, 0.1) is 11.3 Å². The smallest absolute Gasteiger partial charge is 0.311 e. The van der Waals surface area contributed by atoms with Gasteiger partial charge in [-0.1, -0.05) is 0 Å². The largest absolute Gasteiger partial charge is 0.466 e. The Kier molecular flexibility index (Phi) is 6.55. The number of nitriles is 1. The van der Waals surface area contributed by atoms with E-state index in [-0.39, 0.29) is 12.8 Å². The van der Waals surface area contributed by atoms with Gasteiger partial charge in [0, 0.05) is 5.71 Å². The number of amides is 1. The molecule has 0 aliphatic heterocycles. The van der Waals surface area contributed by atoms with E-state index in [1.165, 1.54) is 0 Å². The van der Waals surface area contributed by atoms with Gasteiger partial charge in [-0.25, -0.2) is 5.43 Å². The van der Waals surface area contributed by atoms with Crippen LogP contribution in [0.15, 0.2) is 5.10 Å². The number of nitrogens with one attached hydrogen (secondary N) is 1. The molecule has 82 valence electrons. The first-order valence-corrected chi connectivity index (χ1v) is 4.44. The Hall–Kier alpha value is -1.90. The number of hydrazone groups is 1. The maximum atomic E-state index is 11.0. The van der Waals surface area contributed by atoms with Crippen LogP contribution in [-0.4, -0.2) is 24.2 Å². The average Bonchev–Trinajstić information content (AvgIpc) is 2.15. The molecule has 0 aliphatic carbocycles. The summed E-state index contributed by atoms with van der Waals surface area (Å²) in [5.41, 5.74) is 2.58. The molecule has 1 amide bonds. The summed E-state index contributed by atoms with van der Waals surface area (Å²) < 4.78 is 4.68. The summed E-state index contributed by atoms with van der Waals surface area (Å²) in [7, 11) is 0. The Morgan fingerprint density at radius 2 is 2.20 bits per heavy atom. The molecule has 0 aromatic carbocycles. The zero-order valence-electron chi connectivity index (χ0n) is 8.74. The van der Waals surface area contributed by atoms with E-state index in [1.54, 1.807) is 19.9 Å². The molecule has 0 heterocycles. The first-order chi connectivity index (χ1) is 7.10. The molecule has 0 saturated carbocycles. The van der Waals surface area contributed by atoms with E-state index >= 15 is 0 Å². The maximum absolute atomic E-state index is 11.0. The van der Waals surface area contributed by atoms with Gasteiger partial charge in [0.05, 0.1) is 19.1 Å². The van der Waals surface area contributed by atoms with Gasteiger partial charge >= 0.3 is 5.97 Å². The molecule has 0 radical (unpaired) electrons. The molecule has 0 aromatic heterocycles. The molecule has 0 atom stereocenters. The van der Waals surface area contributed by atoms with Crippen molar-refractivity contribution in [2.24, 2.45) is 5.10 Å². The minimum atomic E-state index is -0.499. The van der Waals surface area contributed by atoms with Crippen LogP contribution in [0.4, 0.5) is 0 Å². The lowest BCUT2D eigenvalue weighted by Gasteiger charge is -2.01. The number of carbonyl (C=O) groups is 2. The monoisotopic (exact) mass is 211 g/mol. The lowest BCUT2D eigenvalue weighted by Crippen LogP contribution is -2.19. The first-order valence-electron chi connectivity index (χ1n) is 4.44. The Morgan fingerprint density at radius 3 is 2.73 bits per heavy atom. The predicted molar refractivity (Wildman–Crippen MR) is 52.7 cm³/mol. The van der Waals surface area contributed by atoms with E-state index in [0.29, 0.717) is 12.3 Å². The van der Waals surface area contributed by atoms with E-state index in [9.17, 15) is 9.59 Å². The van der Waals surface area contributed by atoms with Crippen molar-refractivity contribution in [3.05, 3.63) is 0 Å². The fraction of sp³-hybridized carbons (Fsp3) is 0.556. The van der Waals surface area contributed by atoms with E-state index in [2.05, 4.69) is 15.3 Å². The van der Waals surface area contributed by atoms with Crippen molar-refractivity contribution in [2.75, 3.05) is 6.61 Å². The van der Waals surface area contributed by atoms with Crippen molar-refractivity contribution in [2.45, 2.75) is 26.7 Å². The molecule has 15 heavy (non-hydrogen) atoms. The summed E-state index contributed by atoms with van der Waals surface area (Å²) in [6.45, 7) is 3.61. The van der Waals surface area contributed by atoms with Crippen molar-refractivity contribution in [3.8, 4) is 6.07 Å². The van der Waals surface area contributed by atoms with Gasteiger partial charge in [-0.05, 0) is 13.8 Å². The quantitative estimate of drug-likeness (QED) is 0.403. The molecule has 1 N–H and O–H groups in total. The van der Waals surface area contributed by atoms with Crippen molar-refractivity contribution in [1.29, 1.82) is 5.26 Å². The van der Waals surface area contributed by atoms with E-state index < -0.39 is 11.9 Å². The van der Waals surface area contributed by atoms with E-state index in [0.717, 1.165) is 0 Å². The van der Waals surface area contributed by atoms with Gasteiger partial charge in [-0.15, -0.1) is 0 Å². The van der Waals surface area contributed by atoms with Crippen molar-refractivity contribution in [3.63, 3.8) is 0 Å². The number of hydrogen-bond acceptors (Lipinski definition) is 5. The first kappa shape index (κ1) is 13.1. The van der Waals surface area contributed by atoms with Gasteiger partial charge in [0.2, 0.25) is 0 Å². The fourth-order valence-corrected chi connectivity index (χ4v) is 0.730. The summed E-state index contributed by atoms with van der Waals surface area (Å²) in [5.74, 6) is -0.894. The molecule has 0 aromatic rings. The van der Waals surface area contributed by atoms with Crippen molar-refractivity contribution >= 4 is 17.6 Å². The topological polar surface area (TPSA) is 91.5 Å². The van der Waals surface area contributed by atoms with Crippen molar-refractivity contribution in [1.82, 2.24) is 5.43 Å². The van der Waals surface area contributed by atoms with Crippen LogP contribution < -0.4 is 5.43 Å². The van der Waals surface area contributed by atoms with E-state index in [4.69, 9.17) is 5.26 Å². The molecule has 0 unspecified atom stereocenters. The summed E-state index contributed by atoms with van der Waals surface area (Å²) >= 11 is 0. The van der Waals surface area contributed by atoms with Gasteiger partial charge in [-0.2, -0.15) is 10.4 Å². The number of hydrogen-bond donors (Lipinski definition) is 1. The number of carbonyl (C=O) groups excluding carboxylic acids is 2. The standard InChI is InChI=1S/C9H13N3O3/c1-3-15-9(14)6-7(2)11-12-8(13)4-5-10/h3-4,6H2,1-2H3,(H,12,13)/b11-7+. The Balaban J connectivity index is 3.94. The molecular weight excluding hydrogens is 198 g/mol.